The quantitative estimate of drug-likeness (QED) is 0.720. The van der Waals surface area contributed by atoms with Gasteiger partial charge in [-0.15, -0.1) is 11.3 Å². The van der Waals surface area contributed by atoms with Crippen molar-refractivity contribution in [3.05, 3.63) is 26.6 Å². The Labute approximate surface area is 150 Å². The minimum Gasteiger partial charge on any atom is -0.338 e. The highest BCUT2D eigenvalue weighted by molar-refractivity contribution is 7.19. The van der Waals surface area contributed by atoms with E-state index in [-0.39, 0.29) is 23.4 Å². The summed E-state index contributed by atoms with van der Waals surface area (Å²) in [6, 6.07) is -0.0151. The van der Waals surface area contributed by atoms with Gasteiger partial charge in [-0.05, 0) is 26.3 Å². The summed E-state index contributed by atoms with van der Waals surface area (Å²) in [5.74, 6) is 0.859. The fraction of sp³-hybridized carbons (Fsp3) is 0.611. The summed E-state index contributed by atoms with van der Waals surface area (Å²) in [6.07, 6.45) is 3.78. The Morgan fingerprint density at radius 3 is 2.84 bits per heavy atom. The summed E-state index contributed by atoms with van der Waals surface area (Å²) in [6.45, 7) is 2.31. The van der Waals surface area contributed by atoms with Gasteiger partial charge in [0.1, 0.15) is 10.5 Å². The summed E-state index contributed by atoms with van der Waals surface area (Å²) in [5.41, 5.74) is 2.16. The lowest BCUT2D eigenvalue weighted by Gasteiger charge is -2.22. The summed E-state index contributed by atoms with van der Waals surface area (Å²) < 4.78 is 2.65. The van der Waals surface area contributed by atoms with Crippen LogP contribution in [-0.4, -0.2) is 45.9 Å². The number of likely N-dealkylation sites (N-methyl/N-ethyl adjacent to an activating group) is 1. The van der Waals surface area contributed by atoms with E-state index in [0.717, 1.165) is 54.8 Å². The van der Waals surface area contributed by atoms with Gasteiger partial charge in [0.15, 0.2) is 0 Å². The lowest BCUT2D eigenvalue weighted by Crippen LogP contribution is -2.32. The molecule has 2 aromatic rings. The molecule has 1 fully saturated rings. The van der Waals surface area contributed by atoms with E-state index in [1.165, 1.54) is 10.4 Å². The highest BCUT2D eigenvalue weighted by Crippen LogP contribution is 2.40. The van der Waals surface area contributed by atoms with Crippen LogP contribution in [0.1, 0.15) is 41.6 Å². The first-order valence-corrected chi connectivity index (χ1v) is 9.85. The summed E-state index contributed by atoms with van der Waals surface area (Å²) in [5, 5.41) is 0. The molecular weight excluding hydrogens is 336 g/mol. The van der Waals surface area contributed by atoms with Crippen LogP contribution in [0.25, 0.3) is 10.2 Å². The third kappa shape index (κ3) is 2.15. The molecule has 0 aromatic carbocycles. The maximum atomic E-state index is 13.4. The molecule has 2 aliphatic heterocycles. The van der Waals surface area contributed by atoms with Crippen LogP contribution in [0.2, 0.25) is 0 Å². The molecule has 2 aromatic heterocycles. The van der Waals surface area contributed by atoms with E-state index < -0.39 is 0 Å². The molecule has 1 amide bonds. The van der Waals surface area contributed by atoms with E-state index in [4.69, 9.17) is 4.98 Å². The van der Waals surface area contributed by atoms with Crippen molar-refractivity contribution in [2.75, 3.05) is 20.6 Å². The van der Waals surface area contributed by atoms with Gasteiger partial charge in [0.05, 0.1) is 24.0 Å². The molecular formula is C18H22N4O2S. The zero-order chi connectivity index (χ0) is 17.3. The maximum absolute atomic E-state index is 13.4. The Kier molecular flexibility index (Phi) is 3.34. The minimum atomic E-state index is -0.0658. The molecule has 2 atom stereocenters. The van der Waals surface area contributed by atoms with Crippen LogP contribution in [0.15, 0.2) is 4.79 Å². The number of carbonyl (C=O) groups is 1. The van der Waals surface area contributed by atoms with Crippen molar-refractivity contribution >= 4 is 27.5 Å². The number of hydrogen-bond acceptors (Lipinski definition) is 5. The van der Waals surface area contributed by atoms with Gasteiger partial charge in [-0.1, -0.05) is 6.42 Å². The highest BCUT2D eigenvalue weighted by Gasteiger charge is 2.41. The van der Waals surface area contributed by atoms with E-state index >= 15 is 0 Å². The Morgan fingerprint density at radius 1 is 1.16 bits per heavy atom. The number of fused-ring (bicyclic) bond motifs is 6. The number of thiophene rings is 1. The first kappa shape index (κ1) is 15.5. The molecule has 0 radical (unpaired) electrons. The van der Waals surface area contributed by atoms with Gasteiger partial charge in [-0.3, -0.25) is 14.2 Å². The van der Waals surface area contributed by atoms with E-state index in [0.29, 0.717) is 6.54 Å². The minimum absolute atomic E-state index is 0.0151. The molecule has 7 heteroatoms. The predicted octanol–water partition coefficient (Wildman–Crippen LogP) is 1.76. The number of nitrogens with zero attached hydrogens (tertiary/aromatic N) is 4. The topological polar surface area (TPSA) is 58.4 Å². The standard InChI is InChI=1S/C18H22N4O2S/c1-20-7-6-13-11(8-20)15-16(25-13)18(24)22-12-5-3-4-10(12)17(23)21(2)9-14(22)19-15/h10,12H,3-9H2,1-2H3/t10-,12-/m1/s1. The number of hydrogen-bond donors (Lipinski definition) is 0. The monoisotopic (exact) mass is 358 g/mol. The third-order valence-electron chi connectivity index (χ3n) is 6.03. The zero-order valence-corrected chi connectivity index (χ0v) is 15.4. The van der Waals surface area contributed by atoms with Crippen LogP contribution >= 0.6 is 11.3 Å². The lowest BCUT2D eigenvalue weighted by molar-refractivity contribution is -0.134. The van der Waals surface area contributed by atoms with E-state index in [2.05, 4.69) is 11.9 Å². The number of amides is 1. The van der Waals surface area contributed by atoms with Crippen molar-refractivity contribution in [2.45, 2.75) is 44.8 Å². The normalized spacial score (nSPS) is 26.5. The first-order chi connectivity index (χ1) is 12.0. The van der Waals surface area contributed by atoms with Gasteiger partial charge in [0.2, 0.25) is 5.91 Å². The summed E-state index contributed by atoms with van der Waals surface area (Å²) >= 11 is 1.62. The Morgan fingerprint density at radius 2 is 2.00 bits per heavy atom. The van der Waals surface area contributed by atoms with Crippen LogP contribution < -0.4 is 5.56 Å². The number of rotatable bonds is 0. The van der Waals surface area contributed by atoms with E-state index in [9.17, 15) is 9.59 Å². The van der Waals surface area contributed by atoms with Crippen LogP contribution in [0.5, 0.6) is 0 Å². The van der Waals surface area contributed by atoms with Crippen molar-refractivity contribution < 1.29 is 4.79 Å². The Hall–Kier alpha value is -1.73. The van der Waals surface area contributed by atoms with Gasteiger partial charge in [0.25, 0.3) is 5.56 Å². The summed E-state index contributed by atoms with van der Waals surface area (Å²) in [7, 11) is 3.94. The SMILES string of the molecule is CN1CCc2sc3c(=O)n4c(nc3c2C1)CN(C)C(=O)[C@@H]1CCC[C@H]14. The van der Waals surface area contributed by atoms with Gasteiger partial charge < -0.3 is 9.80 Å². The fourth-order valence-corrected chi connectivity index (χ4v) is 5.92. The van der Waals surface area contributed by atoms with Crippen molar-refractivity contribution in [2.24, 2.45) is 5.92 Å². The van der Waals surface area contributed by atoms with Crippen molar-refractivity contribution in [1.29, 1.82) is 0 Å². The molecule has 0 N–H and O–H groups in total. The summed E-state index contributed by atoms with van der Waals surface area (Å²) in [4.78, 5) is 36.4. The molecule has 4 heterocycles. The molecule has 3 aliphatic rings. The Bertz CT molecular complexity index is 947. The van der Waals surface area contributed by atoms with Crippen LogP contribution in [0.4, 0.5) is 0 Å². The number of carbonyl (C=O) groups excluding carboxylic acids is 1. The average Bonchev–Trinajstić information content (AvgIpc) is 3.17. The van der Waals surface area contributed by atoms with E-state index in [1.807, 2.05) is 11.6 Å². The van der Waals surface area contributed by atoms with E-state index in [1.54, 1.807) is 16.2 Å². The van der Waals surface area contributed by atoms with Gasteiger partial charge >= 0.3 is 0 Å². The second-order valence-corrected chi connectivity index (χ2v) is 8.78. The molecule has 0 unspecified atom stereocenters. The largest absolute Gasteiger partial charge is 0.338 e. The zero-order valence-electron chi connectivity index (χ0n) is 14.6. The van der Waals surface area contributed by atoms with Crippen molar-refractivity contribution in [3.63, 3.8) is 0 Å². The molecule has 6 nitrogen and oxygen atoms in total. The molecule has 1 saturated carbocycles. The third-order valence-corrected chi connectivity index (χ3v) is 7.30. The Balaban J connectivity index is 1.77. The first-order valence-electron chi connectivity index (χ1n) is 9.04. The molecule has 1 aliphatic carbocycles. The van der Waals surface area contributed by atoms with Crippen molar-refractivity contribution in [1.82, 2.24) is 19.4 Å². The van der Waals surface area contributed by atoms with Gasteiger partial charge in [0, 0.05) is 30.6 Å². The molecule has 0 bridgehead atoms. The van der Waals surface area contributed by atoms with Crippen LogP contribution in [0, 0.1) is 5.92 Å². The average molecular weight is 358 g/mol. The number of aromatic nitrogens is 2. The lowest BCUT2D eigenvalue weighted by atomic mass is 10.0. The second kappa shape index (κ2) is 5.38. The molecule has 132 valence electrons. The highest BCUT2D eigenvalue weighted by atomic mass is 32.1. The smallest absolute Gasteiger partial charge is 0.271 e. The molecule has 5 rings (SSSR count). The van der Waals surface area contributed by atoms with Crippen LogP contribution in [-0.2, 0) is 24.3 Å². The molecule has 0 spiro atoms. The van der Waals surface area contributed by atoms with Crippen LogP contribution in [0.3, 0.4) is 0 Å². The van der Waals surface area contributed by atoms with Crippen molar-refractivity contribution in [3.8, 4) is 0 Å². The second-order valence-electron chi connectivity index (χ2n) is 7.67. The van der Waals surface area contributed by atoms with Gasteiger partial charge in [-0.2, -0.15) is 0 Å². The van der Waals surface area contributed by atoms with Gasteiger partial charge in [-0.25, -0.2) is 4.98 Å². The fourth-order valence-electron chi connectivity index (χ4n) is 4.75. The maximum Gasteiger partial charge on any atom is 0.271 e. The predicted molar refractivity (Wildman–Crippen MR) is 96.8 cm³/mol. The molecule has 25 heavy (non-hydrogen) atoms. The molecule has 0 saturated heterocycles.